The lowest BCUT2D eigenvalue weighted by atomic mass is 9.91. The highest BCUT2D eigenvalue weighted by Crippen LogP contribution is 2.48. The lowest BCUT2D eigenvalue weighted by molar-refractivity contribution is 0.270. The van der Waals surface area contributed by atoms with Crippen LogP contribution in [0.3, 0.4) is 0 Å². The summed E-state index contributed by atoms with van der Waals surface area (Å²) in [6.45, 7) is 5.02. The Balaban J connectivity index is 2.23. The lowest BCUT2D eigenvalue weighted by Gasteiger charge is -2.24. The zero-order chi connectivity index (χ0) is 12.5. The summed E-state index contributed by atoms with van der Waals surface area (Å²) in [6, 6.07) is 8.39. The molecule has 0 saturated carbocycles. The first-order valence-corrected chi connectivity index (χ1v) is 6.59. The fraction of sp³-hybridized carbons (Fsp3) is 0.294. The van der Waals surface area contributed by atoms with Gasteiger partial charge >= 0.3 is 0 Å². The number of rotatable bonds is 1. The molecule has 2 aliphatic rings. The molecule has 0 fully saturated rings. The molecule has 92 valence electrons. The maximum atomic E-state index is 5.87. The van der Waals surface area contributed by atoms with Crippen LogP contribution in [0.25, 0.3) is 5.57 Å². The molecule has 1 atom stereocenters. The number of fused-ring (bicyclic) bond motifs is 3. The minimum Gasteiger partial charge on any atom is -0.492 e. The van der Waals surface area contributed by atoms with Crippen molar-refractivity contribution >= 4 is 5.57 Å². The first kappa shape index (κ1) is 11.3. The summed E-state index contributed by atoms with van der Waals surface area (Å²) < 4.78 is 5.87. The Labute approximate surface area is 108 Å². The summed E-state index contributed by atoms with van der Waals surface area (Å²) in [6.07, 6.45) is 7.72. The van der Waals surface area contributed by atoms with E-state index in [4.69, 9.17) is 4.74 Å². The van der Waals surface area contributed by atoms with Gasteiger partial charge in [0.15, 0.2) is 0 Å². The molecule has 0 aromatic heterocycles. The molecule has 1 aromatic carbocycles. The second-order valence-electron chi connectivity index (χ2n) is 4.85. The van der Waals surface area contributed by atoms with Crippen LogP contribution in [-0.4, -0.2) is 6.61 Å². The quantitative estimate of drug-likeness (QED) is 0.705. The average Bonchev–Trinajstić information content (AvgIpc) is 2.78. The fourth-order valence-electron chi connectivity index (χ4n) is 3.02. The summed E-state index contributed by atoms with van der Waals surface area (Å²) in [5.41, 5.74) is 5.61. The molecule has 1 heteroatoms. The summed E-state index contributed by atoms with van der Waals surface area (Å²) in [7, 11) is 0. The largest absolute Gasteiger partial charge is 0.492 e. The van der Waals surface area contributed by atoms with E-state index in [0.717, 1.165) is 18.8 Å². The predicted octanol–water partition coefficient (Wildman–Crippen LogP) is 4.37. The van der Waals surface area contributed by atoms with E-state index in [-0.39, 0.29) is 0 Å². The highest BCUT2D eigenvalue weighted by atomic mass is 16.5. The van der Waals surface area contributed by atoms with E-state index in [1.807, 2.05) is 6.07 Å². The van der Waals surface area contributed by atoms with Gasteiger partial charge in [0.25, 0.3) is 0 Å². The maximum absolute atomic E-state index is 5.87. The van der Waals surface area contributed by atoms with Crippen molar-refractivity contribution in [2.75, 3.05) is 6.61 Å². The molecule has 18 heavy (non-hydrogen) atoms. The van der Waals surface area contributed by atoms with Crippen LogP contribution in [0.5, 0.6) is 5.75 Å². The molecule has 1 aromatic rings. The van der Waals surface area contributed by atoms with Crippen molar-refractivity contribution in [1.29, 1.82) is 0 Å². The van der Waals surface area contributed by atoms with Crippen molar-refractivity contribution in [2.24, 2.45) is 5.92 Å². The van der Waals surface area contributed by atoms with Crippen LogP contribution >= 0.6 is 0 Å². The molecule has 0 amide bonds. The molecule has 0 spiro atoms. The summed E-state index contributed by atoms with van der Waals surface area (Å²) >= 11 is 0. The first-order chi connectivity index (χ1) is 8.85. The summed E-state index contributed by atoms with van der Waals surface area (Å²) in [5.74, 6) is 1.56. The third-order valence-electron chi connectivity index (χ3n) is 3.81. The molecule has 3 rings (SSSR count). The molecular formula is C17H18O. The zero-order valence-electron chi connectivity index (χ0n) is 10.9. The summed E-state index contributed by atoms with van der Waals surface area (Å²) in [4.78, 5) is 0. The van der Waals surface area contributed by atoms with Gasteiger partial charge < -0.3 is 4.74 Å². The number of para-hydroxylation sites is 1. The topological polar surface area (TPSA) is 9.23 Å². The maximum Gasteiger partial charge on any atom is 0.126 e. The normalized spacial score (nSPS) is 24.3. The molecule has 0 bridgehead atoms. The molecule has 0 saturated heterocycles. The van der Waals surface area contributed by atoms with Crippen LogP contribution in [0.2, 0.25) is 0 Å². The molecule has 0 N–H and O–H groups in total. The van der Waals surface area contributed by atoms with Crippen molar-refractivity contribution in [1.82, 2.24) is 0 Å². The Morgan fingerprint density at radius 2 is 2.06 bits per heavy atom. The highest BCUT2D eigenvalue weighted by molar-refractivity contribution is 5.83. The number of benzene rings is 1. The molecule has 1 aliphatic heterocycles. The van der Waals surface area contributed by atoms with E-state index in [1.165, 1.54) is 22.3 Å². The van der Waals surface area contributed by atoms with Crippen LogP contribution in [0.4, 0.5) is 0 Å². The van der Waals surface area contributed by atoms with Crippen molar-refractivity contribution in [3.63, 3.8) is 0 Å². The van der Waals surface area contributed by atoms with Crippen LogP contribution in [0.15, 0.2) is 53.6 Å². The Bertz CT molecular complexity index is 561. The molecule has 1 unspecified atom stereocenters. The van der Waals surface area contributed by atoms with Crippen molar-refractivity contribution in [3.05, 3.63) is 59.2 Å². The third kappa shape index (κ3) is 1.62. The van der Waals surface area contributed by atoms with Gasteiger partial charge in [-0.3, -0.25) is 0 Å². The average molecular weight is 238 g/mol. The Kier molecular flexibility index (Phi) is 2.83. The van der Waals surface area contributed by atoms with Crippen molar-refractivity contribution in [3.8, 4) is 5.75 Å². The lowest BCUT2D eigenvalue weighted by Crippen LogP contribution is -2.17. The van der Waals surface area contributed by atoms with Gasteiger partial charge in [-0.25, -0.2) is 0 Å². The number of hydrogen-bond acceptors (Lipinski definition) is 1. The number of allylic oxidation sites excluding steroid dienone is 5. The minimum atomic E-state index is 0.525. The smallest absolute Gasteiger partial charge is 0.126 e. The van der Waals surface area contributed by atoms with Crippen molar-refractivity contribution in [2.45, 2.75) is 20.3 Å². The standard InChI is InChI=1S/C17H18O/c1-3-7-14-12(4-2)10-13-11-18-16-9-6-5-8-15(16)17(13)14/h3-9,13H,10-11H2,1-2H3/b7-3-,12-4-. The summed E-state index contributed by atoms with van der Waals surface area (Å²) in [5, 5.41) is 0. The van der Waals surface area contributed by atoms with Gasteiger partial charge in [-0.1, -0.05) is 36.4 Å². The van der Waals surface area contributed by atoms with Gasteiger partial charge in [0.2, 0.25) is 0 Å². The predicted molar refractivity (Wildman–Crippen MR) is 75.5 cm³/mol. The van der Waals surface area contributed by atoms with Gasteiger partial charge in [0.1, 0.15) is 5.75 Å². The number of hydrogen-bond donors (Lipinski definition) is 0. The minimum absolute atomic E-state index is 0.525. The SMILES string of the molecule is C/C=C\C1=C2c3ccccc3OCC2C/C1=C/C. The van der Waals surface area contributed by atoms with E-state index < -0.39 is 0 Å². The van der Waals surface area contributed by atoms with E-state index in [2.05, 4.69) is 50.3 Å². The van der Waals surface area contributed by atoms with Crippen LogP contribution in [-0.2, 0) is 0 Å². The Morgan fingerprint density at radius 3 is 2.83 bits per heavy atom. The second kappa shape index (κ2) is 4.49. The van der Waals surface area contributed by atoms with E-state index in [0.29, 0.717) is 5.92 Å². The van der Waals surface area contributed by atoms with Crippen molar-refractivity contribution < 1.29 is 4.74 Å². The molecule has 1 heterocycles. The van der Waals surface area contributed by atoms with Crippen LogP contribution in [0.1, 0.15) is 25.8 Å². The van der Waals surface area contributed by atoms with E-state index in [1.54, 1.807) is 0 Å². The second-order valence-corrected chi connectivity index (χ2v) is 4.85. The highest BCUT2D eigenvalue weighted by Gasteiger charge is 2.33. The first-order valence-electron chi connectivity index (χ1n) is 6.59. The van der Waals surface area contributed by atoms with Gasteiger partial charge in [-0.05, 0) is 43.1 Å². The van der Waals surface area contributed by atoms with Gasteiger partial charge in [0.05, 0.1) is 6.61 Å². The molecular weight excluding hydrogens is 220 g/mol. The zero-order valence-corrected chi connectivity index (χ0v) is 10.9. The van der Waals surface area contributed by atoms with E-state index >= 15 is 0 Å². The van der Waals surface area contributed by atoms with Crippen LogP contribution < -0.4 is 4.74 Å². The third-order valence-corrected chi connectivity index (χ3v) is 3.81. The fourth-order valence-corrected chi connectivity index (χ4v) is 3.02. The monoisotopic (exact) mass is 238 g/mol. The Morgan fingerprint density at radius 1 is 1.22 bits per heavy atom. The van der Waals surface area contributed by atoms with Gasteiger partial charge in [0, 0.05) is 11.5 Å². The molecule has 1 aliphatic carbocycles. The van der Waals surface area contributed by atoms with Gasteiger partial charge in [-0.15, -0.1) is 0 Å². The van der Waals surface area contributed by atoms with Crippen LogP contribution in [0, 0.1) is 5.92 Å². The van der Waals surface area contributed by atoms with E-state index in [9.17, 15) is 0 Å². The molecule has 1 nitrogen and oxygen atoms in total. The number of ether oxygens (including phenoxy) is 1. The Hall–Kier alpha value is -1.76. The van der Waals surface area contributed by atoms with Gasteiger partial charge in [-0.2, -0.15) is 0 Å². The molecule has 0 radical (unpaired) electrons.